The fourth-order valence-electron chi connectivity index (χ4n) is 3.32. The molecule has 186 valence electrons. The van der Waals surface area contributed by atoms with Gasteiger partial charge in [0.15, 0.2) is 5.11 Å². The number of unbranched alkanes of at least 4 members (excludes halogenated alkanes) is 5. The second kappa shape index (κ2) is 17.2. The number of carboxylic acid groups (broad SMARTS) is 1. The Morgan fingerprint density at radius 2 is 1.82 bits per heavy atom. The maximum Gasteiger partial charge on any atom is 0.317 e. The van der Waals surface area contributed by atoms with E-state index in [9.17, 15) is 4.79 Å². The van der Waals surface area contributed by atoms with Crippen LogP contribution in [-0.2, 0) is 20.7 Å². The molecule has 0 amide bonds. The third-order valence-electron chi connectivity index (χ3n) is 4.94. The van der Waals surface area contributed by atoms with Gasteiger partial charge in [0.1, 0.15) is 0 Å². The number of nitrogens with one attached hydrogen (secondary N) is 2. The molecule has 0 aliphatic heterocycles. The Balaban J connectivity index is 1.50. The summed E-state index contributed by atoms with van der Waals surface area (Å²) in [6.45, 7) is 2.18. The first-order valence-corrected chi connectivity index (χ1v) is 12.4. The quantitative estimate of drug-likeness (QED) is 0.0813. The lowest BCUT2D eigenvalue weighted by atomic mass is 10.1. The highest BCUT2D eigenvalue weighted by molar-refractivity contribution is 7.94. The van der Waals surface area contributed by atoms with Crippen LogP contribution in [0.3, 0.4) is 0 Å². The number of carbonyl (C=O) groups is 1. The summed E-state index contributed by atoms with van der Waals surface area (Å²) in [4.78, 5) is 22.3. The van der Waals surface area contributed by atoms with Crippen LogP contribution in [0.15, 0.2) is 53.6 Å². The van der Waals surface area contributed by atoms with Gasteiger partial charge in [-0.1, -0.05) is 31.7 Å². The molecule has 11 heteroatoms. The fraction of sp³-hybridized carbons (Fsp3) is 0.435. The van der Waals surface area contributed by atoms with Crippen molar-refractivity contribution in [3.8, 4) is 0 Å². The van der Waals surface area contributed by atoms with Crippen molar-refractivity contribution in [3.05, 3.63) is 54.4 Å². The highest BCUT2D eigenvalue weighted by Gasteiger charge is 2.10. The van der Waals surface area contributed by atoms with Crippen molar-refractivity contribution >= 4 is 41.0 Å². The molecule has 0 fully saturated rings. The summed E-state index contributed by atoms with van der Waals surface area (Å²) >= 11 is 6.36. The molecule has 0 bridgehead atoms. The number of nitrogens with two attached hydrogens (primary N) is 1. The minimum Gasteiger partial charge on any atom is -0.480 e. The zero-order valence-corrected chi connectivity index (χ0v) is 20.8. The first-order valence-electron chi connectivity index (χ1n) is 11.3. The molecule has 2 rings (SSSR count). The van der Waals surface area contributed by atoms with E-state index >= 15 is 0 Å². The van der Waals surface area contributed by atoms with Gasteiger partial charge in [-0.3, -0.25) is 14.7 Å². The van der Waals surface area contributed by atoms with Gasteiger partial charge in [-0.05, 0) is 68.0 Å². The van der Waals surface area contributed by atoms with Gasteiger partial charge in [0.25, 0.3) is 0 Å². The Bertz CT molecular complexity index is 843. The SMILES string of the molecule is NOOSc1ccc(NC(=S)NCCCCCCCCN(CC(=O)O)Cc2ccccn2)cc1. The van der Waals surface area contributed by atoms with Crippen LogP contribution in [0.4, 0.5) is 5.69 Å². The number of benzene rings is 1. The Kier molecular flexibility index (Phi) is 14.1. The average Bonchev–Trinajstić information content (AvgIpc) is 2.82. The van der Waals surface area contributed by atoms with Crippen molar-refractivity contribution < 1.29 is 19.2 Å². The van der Waals surface area contributed by atoms with E-state index < -0.39 is 5.97 Å². The van der Waals surface area contributed by atoms with Gasteiger partial charge in [0, 0.05) is 29.9 Å². The predicted molar refractivity (Wildman–Crippen MR) is 138 cm³/mol. The normalized spacial score (nSPS) is 10.9. The van der Waals surface area contributed by atoms with Crippen molar-refractivity contribution in [1.29, 1.82) is 0 Å². The minimum atomic E-state index is -0.806. The van der Waals surface area contributed by atoms with E-state index in [4.69, 9.17) is 23.2 Å². The molecule has 2 aromatic rings. The number of pyridine rings is 1. The largest absolute Gasteiger partial charge is 0.480 e. The topological polar surface area (TPSA) is 122 Å². The molecule has 0 atom stereocenters. The van der Waals surface area contributed by atoms with Crippen LogP contribution in [0.1, 0.15) is 44.2 Å². The first-order chi connectivity index (χ1) is 16.6. The first kappa shape index (κ1) is 28.0. The summed E-state index contributed by atoms with van der Waals surface area (Å²) < 4.78 is 4.60. The third-order valence-corrected chi connectivity index (χ3v) is 5.80. The van der Waals surface area contributed by atoms with E-state index in [1.807, 2.05) is 47.4 Å². The van der Waals surface area contributed by atoms with Crippen LogP contribution < -0.4 is 16.5 Å². The Hall–Kier alpha value is -2.28. The van der Waals surface area contributed by atoms with Gasteiger partial charge in [-0.25, -0.2) is 0 Å². The molecular formula is C23H33N5O4S2. The summed E-state index contributed by atoms with van der Waals surface area (Å²) in [5, 5.41) is 16.1. The van der Waals surface area contributed by atoms with Crippen LogP contribution in [0, 0.1) is 0 Å². The van der Waals surface area contributed by atoms with Gasteiger partial charge < -0.3 is 15.7 Å². The summed E-state index contributed by atoms with van der Waals surface area (Å²) in [5.74, 6) is 4.01. The summed E-state index contributed by atoms with van der Waals surface area (Å²) in [7, 11) is 0. The molecule has 0 aliphatic rings. The number of carboxylic acids is 1. The van der Waals surface area contributed by atoms with E-state index in [-0.39, 0.29) is 6.54 Å². The standard InChI is InChI=1S/C23H33N5O4S2/c24-31-32-34-21-12-10-19(11-13-21)27-23(33)26-15-6-3-1-2-4-8-16-28(18-22(29)30)17-20-9-5-7-14-25-20/h5,7,9-14H,1-4,6,8,15-18,24H2,(H,29,30)(H2,26,27,33). The second-order valence-corrected chi connectivity index (χ2v) is 8.88. The van der Waals surface area contributed by atoms with Crippen LogP contribution in [0.25, 0.3) is 0 Å². The zero-order valence-electron chi connectivity index (χ0n) is 19.2. The lowest BCUT2D eigenvalue weighted by molar-refractivity contribution is -0.195. The van der Waals surface area contributed by atoms with Gasteiger partial charge in [-0.15, -0.1) is 9.32 Å². The molecular weight excluding hydrogens is 474 g/mol. The number of hydrogen-bond donors (Lipinski definition) is 4. The van der Waals surface area contributed by atoms with Gasteiger partial charge >= 0.3 is 5.97 Å². The summed E-state index contributed by atoms with van der Waals surface area (Å²) in [6, 6.07) is 13.2. The molecule has 0 aliphatic carbocycles. The van der Waals surface area contributed by atoms with E-state index in [2.05, 4.69) is 24.9 Å². The van der Waals surface area contributed by atoms with Gasteiger partial charge in [0.2, 0.25) is 0 Å². The number of nitrogens with zero attached hydrogens (tertiary/aromatic N) is 2. The molecule has 0 radical (unpaired) electrons. The fourth-order valence-corrected chi connectivity index (χ4v) is 3.91. The monoisotopic (exact) mass is 507 g/mol. The molecule has 5 N–H and O–H groups in total. The minimum absolute atomic E-state index is 0.0386. The highest BCUT2D eigenvalue weighted by Crippen LogP contribution is 2.20. The number of rotatable bonds is 17. The number of thiocarbonyl (C=S) groups is 1. The highest BCUT2D eigenvalue weighted by atomic mass is 32.2. The molecule has 1 aromatic heterocycles. The lowest BCUT2D eigenvalue weighted by Gasteiger charge is -2.19. The van der Waals surface area contributed by atoms with Crippen LogP contribution >= 0.6 is 24.3 Å². The molecule has 0 saturated carbocycles. The summed E-state index contributed by atoms with van der Waals surface area (Å²) in [5.41, 5.74) is 1.78. The Morgan fingerprint density at radius 3 is 2.50 bits per heavy atom. The maximum absolute atomic E-state index is 11.1. The second-order valence-electron chi connectivity index (χ2n) is 7.70. The van der Waals surface area contributed by atoms with Crippen molar-refractivity contribution in [2.24, 2.45) is 5.90 Å². The van der Waals surface area contributed by atoms with Crippen LogP contribution in [-0.4, -0.2) is 45.7 Å². The van der Waals surface area contributed by atoms with E-state index in [0.717, 1.165) is 79.9 Å². The molecule has 0 unspecified atom stereocenters. The van der Waals surface area contributed by atoms with E-state index in [1.54, 1.807) is 6.20 Å². The molecule has 1 heterocycles. The van der Waals surface area contributed by atoms with Gasteiger partial charge in [-0.2, -0.15) is 5.90 Å². The number of aromatic nitrogens is 1. The zero-order chi connectivity index (χ0) is 24.4. The number of hydrogen-bond acceptors (Lipinski definition) is 8. The Morgan fingerprint density at radius 1 is 1.09 bits per heavy atom. The maximum atomic E-state index is 11.1. The van der Waals surface area contributed by atoms with E-state index in [1.165, 1.54) is 0 Å². The van der Waals surface area contributed by atoms with Crippen molar-refractivity contribution in [3.63, 3.8) is 0 Å². The molecule has 9 nitrogen and oxygen atoms in total. The van der Waals surface area contributed by atoms with Crippen LogP contribution in [0.2, 0.25) is 0 Å². The molecule has 34 heavy (non-hydrogen) atoms. The van der Waals surface area contributed by atoms with Crippen molar-refractivity contribution in [1.82, 2.24) is 15.2 Å². The van der Waals surface area contributed by atoms with E-state index in [0.29, 0.717) is 11.7 Å². The molecule has 0 spiro atoms. The average molecular weight is 508 g/mol. The van der Waals surface area contributed by atoms with Gasteiger partial charge in [0.05, 0.1) is 24.3 Å². The van der Waals surface area contributed by atoms with Crippen molar-refractivity contribution in [2.45, 2.75) is 50.0 Å². The summed E-state index contributed by atoms with van der Waals surface area (Å²) in [6.07, 6.45) is 8.25. The number of anilines is 1. The Labute approximate surface area is 210 Å². The van der Waals surface area contributed by atoms with Crippen molar-refractivity contribution in [2.75, 3.05) is 25.0 Å². The van der Waals surface area contributed by atoms with Crippen LogP contribution in [0.5, 0.6) is 0 Å². The lowest BCUT2D eigenvalue weighted by Crippen LogP contribution is -2.30. The number of aliphatic carboxylic acids is 1. The molecule has 1 aromatic carbocycles. The molecule has 0 saturated heterocycles. The predicted octanol–water partition coefficient (Wildman–Crippen LogP) is 4.12. The smallest absolute Gasteiger partial charge is 0.317 e. The third kappa shape index (κ3) is 12.8.